The smallest absolute Gasteiger partial charge is 0.179 e. The molecule has 2 aromatic heterocycles. The normalized spacial score (nSPS) is 12.0. The van der Waals surface area contributed by atoms with Crippen molar-refractivity contribution in [2.24, 2.45) is 0 Å². The molecule has 2 heterocycles. The average molecular weight is 860 g/mol. The fraction of sp³-hybridized carbons (Fsp3) is 0. The van der Waals surface area contributed by atoms with Crippen molar-refractivity contribution in [1.29, 1.82) is 0 Å². The number of aromatic nitrogens is 1. The van der Waals surface area contributed by atoms with Crippen LogP contribution in [0.3, 0.4) is 0 Å². The first kappa shape index (κ1) is 37.7. The van der Waals surface area contributed by atoms with Crippen molar-refractivity contribution in [1.82, 2.24) is 4.57 Å². The topological polar surface area (TPSA) is 4.93 Å². The molecule has 0 unspecified atom stereocenters. The minimum Gasteiger partial charge on any atom is -0.307 e. The Morgan fingerprint density at radius 1 is 0.308 bits per heavy atom. The van der Waals surface area contributed by atoms with Gasteiger partial charge in [0.2, 0.25) is 0 Å². The molecule has 13 rings (SSSR count). The lowest BCUT2D eigenvalue weighted by atomic mass is 9.90. The maximum absolute atomic E-state index is 3.06. The van der Waals surface area contributed by atoms with E-state index in [1.807, 2.05) is 11.3 Å². The summed E-state index contributed by atoms with van der Waals surface area (Å²) < 4.78 is 5.25. The van der Waals surface area contributed by atoms with Crippen LogP contribution in [-0.4, -0.2) is 12.6 Å². The van der Waals surface area contributed by atoms with Gasteiger partial charge in [0.1, 0.15) is 0 Å². The summed E-state index contributed by atoms with van der Waals surface area (Å²) in [6.45, 7) is 0. The predicted octanol–water partition coefficient (Wildman–Crippen LogP) is 14.2. The van der Waals surface area contributed by atoms with E-state index < -0.39 is 8.07 Å². The monoisotopic (exact) mass is 859 g/mol. The zero-order valence-corrected chi connectivity index (χ0v) is 37.3. The van der Waals surface area contributed by atoms with Crippen molar-refractivity contribution < 1.29 is 0 Å². The Kier molecular flexibility index (Phi) is 8.80. The molecule has 1 nitrogen and oxygen atoms in total. The number of para-hydroxylation sites is 1. The number of thiophene rings is 1. The fourth-order valence-electron chi connectivity index (χ4n) is 11.0. The fourth-order valence-corrected chi connectivity index (χ4v) is 16.9. The van der Waals surface area contributed by atoms with Crippen molar-refractivity contribution in [3.63, 3.8) is 0 Å². The molecule has 65 heavy (non-hydrogen) atoms. The summed E-state index contributed by atoms with van der Waals surface area (Å²) >= 11 is 1.89. The minimum atomic E-state index is -3.06. The highest BCUT2D eigenvalue weighted by Crippen LogP contribution is 2.48. The second-order valence-corrected chi connectivity index (χ2v) is 22.0. The third kappa shape index (κ3) is 5.76. The standard InChI is InChI=1S/C62H41NSSi/c1-4-24-44(25-5-1)65(45-26-6-2-7-27-45,46-28-8-3-9-29-46)47-40-55(50-34-18-22-42-20-10-12-30-48(42)50)61(56(41-47)51-35-19-23-43-21-11-13-31-49(43)51)63-57-36-16-14-32-52(57)53-38-39-59-60(62(53)63)54-33-15-17-37-58(54)64-59/h1-41H. The van der Waals surface area contributed by atoms with E-state index in [9.17, 15) is 0 Å². The lowest BCUT2D eigenvalue weighted by Crippen LogP contribution is -2.74. The number of fused-ring (bicyclic) bond motifs is 9. The molecule has 0 saturated heterocycles. The van der Waals surface area contributed by atoms with E-state index in [4.69, 9.17) is 0 Å². The number of hydrogen-bond acceptors (Lipinski definition) is 1. The van der Waals surface area contributed by atoms with Crippen LogP contribution in [-0.2, 0) is 0 Å². The highest BCUT2D eigenvalue weighted by molar-refractivity contribution is 7.26. The molecule has 0 fully saturated rings. The Hall–Kier alpha value is -7.82. The molecule has 11 aromatic carbocycles. The highest BCUT2D eigenvalue weighted by Gasteiger charge is 2.42. The lowest BCUT2D eigenvalue weighted by Gasteiger charge is -2.36. The zero-order valence-electron chi connectivity index (χ0n) is 35.5. The molecule has 0 radical (unpaired) electrons. The third-order valence-corrected chi connectivity index (χ3v) is 19.6. The molecule has 0 aliphatic rings. The SMILES string of the molecule is c1ccc([Si](c2ccccc2)(c2ccccc2)c2cc(-c3cccc4ccccc34)c(-n3c4ccccc4c4ccc5sc6ccccc6c5c43)c(-c3cccc4ccccc34)c2)cc1. The van der Waals surface area contributed by atoms with Gasteiger partial charge in [0, 0.05) is 42.1 Å². The summed E-state index contributed by atoms with van der Waals surface area (Å²) in [5, 5.41) is 15.4. The Morgan fingerprint density at radius 3 is 1.34 bits per heavy atom. The number of benzene rings is 11. The summed E-state index contributed by atoms with van der Waals surface area (Å²) in [4.78, 5) is 0. The Labute approximate surface area is 382 Å². The van der Waals surface area contributed by atoms with Gasteiger partial charge in [-0.25, -0.2) is 0 Å². The maximum Gasteiger partial charge on any atom is 0.179 e. The Balaban J connectivity index is 1.31. The van der Waals surface area contributed by atoms with Crippen LogP contribution < -0.4 is 20.7 Å². The van der Waals surface area contributed by atoms with Gasteiger partial charge in [-0.05, 0) is 71.6 Å². The van der Waals surface area contributed by atoms with Gasteiger partial charge >= 0.3 is 0 Å². The molecule has 3 heteroatoms. The first-order chi connectivity index (χ1) is 32.3. The van der Waals surface area contributed by atoms with Gasteiger partial charge < -0.3 is 4.57 Å². The number of rotatable bonds is 7. The average Bonchev–Trinajstić information content (AvgIpc) is 3.93. The molecular weight excluding hydrogens is 819 g/mol. The van der Waals surface area contributed by atoms with Gasteiger partial charge in [-0.3, -0.25) is 0 Å². The van der Waals surface area contributed by atoms with Crippen LogP contribution in [0.2, 0.25) is 0 Å². The van der Waals surface area contributed by atoms with E-state index in [2.05, 4.69) is 253 Å². The van der Waals surface area contributed by atoms with Gasteiger partial charge in [-0.15, -0.1) is 11.3 Å². The minimum absolute atomic E-state index is 1.19. The summed E-state index contributed by atoms with van der Waals surface area (Å²) in [5.74, 6) is 0. The molecule has 0 saturated carbocycles. The van der Waals surface area contributed by atoms with E-state index in [1.165, 1.54) is 112 Å². The van der Waals surface area contributed by atoms with Crippen LogP contribution in [0, 0.1) is 0 Å². The van der Waals surface area contributed by atoms with Crippen LogP contribution in [0.5, 0.6) is 0 Å². The molecule has 0 bridgehead atoms. The molecule has 0 aliphatic heterocycles. The highest BCUT2D eigenvalue weighted by atomic mass is 32.1. The largest absolute Gasteiger partial charge is 0.307 e. The van der Waals surface area contributed by atoms with Crippen molar-refractivity contribution in [2.45, 2.75) is 0 Å². The van der Waals surface area contributed by atoms with Crippen molar-refractivity contribution >= 4 is 104 Å². The summed E-state index contributed by atoms with van der Waals surface area (Å²) in [6.07, 6.45) is 0. The van der Waals surface area contributed by atoms with E-state index >= 15 is 0 Å². The van der Waals surface area contributed by atoms with Crippen LogP contribution in [0.4, 0.5) is 0 Å². The van der Waals surface area contributed by atoms with Gasteiger partial charge in [0.05, 0.1) is 16.7 Å². The quantitative estimate of drug-likeness (QED) is 0.111. The second kappa shape index (κ2) is 15.2. The molecule has 304 valence electrons. The third-order valence-electron chi connectivity index (χ3n) is 13.7. The van der Waals surface area contributed by atoms with E-state index in [0.29, 0.717) is 0 Å². The molecule has 0 atom stereocenters. The van der Waals surface area contributed by atoms with Gasteiger partial charge in [0.15, 0.2) is 8.07 Å². The first-order valence-electron chi connectivity index (χ1n) is 22.4. The first-order valence-corrected chi connectivity index (χ1v) is 25.2. The van der Waals surface area contributed by atoms with Gasteiger partial charge in [-0.2, -0.15) is 0 Å². The number of hydrogen-bond donors (Lipinski definition) is 0. The van der Waals surface area contributed by atoms with Gasteiger partial charge in [-0.1, -0.05) is 231 Å². The summed E-state index contributed by atoms with van der Waals surface area (Å²) in [5.41, 5.74) is 8.47. The molecule has 0 N–H and O–H groups in total. The maximum atomic E-state index is 2.65. The van der Waals surface area contributed by atoms with Crippen molar-refractivity contribution in [3.8, 4) is 27.9 Å². The second-order valence-electron chi connectivity index (χ2n) is 17.1. The van der Waals surface area contributed by atoms with Gasteiger partial charge in [0.25, 0.3) is 0 Å². The lowest BCUT2D eigenvalue weighted by molar-refractivity contribution is 1.19. The molecular formula is C62H41NSSi. The van der Waals surface area contributed by atoms with E-state index in [1.54, 1.807) is 0 Å². The predicted molar refractivity (Wildman–Crippen MR) is 283 cm³/mol. The van der Waals surface area contributed by atoms with Crippen molar-refractivity contribution in [3.05, 3.63) is 249 Å². The van der Waals surface area contributed by atoms with E-state index in [-0.39, 0.29) is 0 Å². The van der Waals surface area contributed by atoms with Crippen LogP contribution >= 0.6 is 11.3 Å². The number of nitrogens with zero attached hydrogens (tertiary/aromatic N) is 1. The molecule has 0 aliphatic carbocycles. The summed E-state index contributed by atoms with van der Waals surface area (Å²) in [6, 6.07) is 93.6. The van der Waals surface area contributed by atoms with Crippen LogP contribution in [0.25, 0.3) is 91.5 Å². The molecule has 0 amide bonds. The van der Waals surface area contributed by atoms with Crippen LogP contribution in [0.1, 0.15) is 0 Å². The Bertz CT molecular complexity index is 3730. The zero-order chi connectivity index (χ0) is 42.9. The van der Waals surface area contributed by atoms with Crippen molar-refractivity contribution in [2.75, 3.05) is 0 Å². The van der Waals surface area contributed by atoms with Crippen LogP contribution in [0.15, 0.2) is 249 Å². The summed E-state index contributed by atoms with van der Waals surface area (Å²) in [7, 11) is -3.06. The molecule has 0 spiro atoms. The molecule has 13 aromatic rings. The van der Waals surface area contributed by atoms with E-state index in [0.717, 1.165) is 0 Å². The Morgan fingerprint density at radius 2 is 0.769 bits per heavy atom.